The summed E-state index contributed by atoms with van der Waals surface area (Å²) < 4.78 is 24.4. The molecule has 17 heavy (non-hydrogen) atoms. The Morgan fingerprint density at radius 3 is 2.35 bits per heavy atom. The number of hydrogen-bond donors (Lipinski definition) is 1. The molecule has 0 radical (unpaired) electrons. The Morgan fingerprint density at radius 1 is 1.18 bits per heavy atom. The summed E-state index contributed by atoms with van der Waals surface area (Å²) in [4.78, 5) is 0. The molecule has 1 aromatic carbocycles. The highest BCUT2D eigenvalue weighted by atomic mass is 19.1. The molecule has 1 fully saturated rings. The Balaban J connectivity index is 2.51. The molecular weight excluding hydrogens is 221 g/mol. The molecule has 0 heterocycles. The van der Waals surface area contributed by atoms with Gasteiger partial charge in [-0.1, -0.05) is 12.8 Å². The number of halogens is 1. The summed E-state index contributed by atoms with van der Waals surface area (Å²) in [6.07, 6.45) is 3.69. The largest absolute Gasteiger partial charge is 0.497 e. The maximum absolute atomic E-state index is 14.2. The van der Waals surface area contributed by atoms with Gasteiger partial charge < -0.3 is 15.2 Å². The van der Waals surface area contributed by atoms with Crippen LogP contribution in [0.5, 0.6) is 11.5 Å². The first-order valence-corrected chi connectivity index (χ1v) is 5.81. The summed E-state index contributed by atoms with van der Waals surface area (Å²) in [7, 11) is 2.99. The lowest BCUT2D eigenvalue weighted by Crippen LogP contribution is -2.34. The monoisotopic (exact) mass is 239 g/mol. The highest BCUT2D eigenvalue weighted by molar-refractivity contribution is 5.43. The minimum Gasteiger partial charge on any atom is -0.497 e. The van der Waals surface area contributed by atoms with Gasteiger partial charge in [0.2, 0.25) is 0 Å². The van der Waals surface area contributed by atoms with Gasteiger partial charge in [-0.25, -0.2) is 4.39 Å². The highest BCUT2D eigenvalue weighted by Crippen LogP contribution is 2.41. The van der Waals surface area contributed by atoms with Crippen LogP contribution >= 0.6 is 0 Å². The minimum atomic E-state index is -0.577. The van der Waals surface area contributed by atoms with Gasteiger partial charge in [-0.3, -0.25) is 0 Å². The van der Waals surface area contributed by atoms with E-state index in [9.17, 15) is 4.39 Å². The van der Waals surface area contributed by atoms with Crippen LogP contribution in [0.1, 0.15) is 31.2 Å². The lowest BCUT2D eigenvalue weighted by molar-refractivity contribution is 0.356. The zero-order valence-corrected chi connectivity index (χ0v) is 10.3. The summed E-state index contributed by atoms with van der Waals surface area (Å²) in [5.74, 6) is 0.406. The van der Waals surface area contributed by atoms with Crippen molar-refractivity contribution < 1.29 is 13.9 Å². The highest BCUT2D eigenvalue weighted by Gasteiger charge is 2.35. The average Bonchev–Trinajstić information content (AvgIpc) is 2.77. The Bertz CT molecular complexity index is 414. The van der Waals surface area contributed by atoms with E-state index in [1.54, 1.807) is 13.2 Å². The SMILES string of the molecule is COc1cc(OC)c(F)c(C2(N)CCCC2)c1. The molecule has 3 nitrogen and oxygen atoms in total. The van der Waals surface area contributed by atoms with Gasteiger partial charge in [0.05, 0.1) is 14.2 Å². The lowest BCUT2D eigenvalue weighted by atomic mass is 9.88. The van der Waals surface area contributed by atoms with Crippen LogP contribution in [-0.2, 0) is 5.54 Å². The van der Waals surface area contributed by atoms with Gasteiger partial charge >= 0.3 is 0 Å². The molecule has 2 rings (SSSR count). The molecule has 0 atom stereocenters. The third-order valence-corrected chi connectivity index (χ3v) is 3.50. The molecule has 0 bridgehead atoms. The van der Waals surface area contributed by atoms with Gasteiger partial charge in [0.1, 0.15) is 5.75 Å². The van der Waals surface area contributed by atoms with Crippen LogP contribution < -0.4 is 15.2 Å². The van der Waals surface area contributed by atoms with Crippen molar-refractivity contribution in [3.05, 3.63) is 23.5 Å². The van der Waals surface area contributed by atoms with Crippen LogP contribution in [0.25, 0.3) is 0 Å². The van der Waals surface area contributed by atoms with Gasteiger partial charge in [-0.05, 0) is 18.9 Å². The Morgan fingerprint density at radius 2 is 1.82 bits per heavy atom. The molecule has 0 unspecified atom stereocenters. The third-order valence-electron chi connectivity index (χ3n) is 3.50. The number of nitrogens with two attached hydrogens (primary N) is 1. The second-order valence-electron chi connectivity index (χ2n) is 4.55. The normalized spacial score (nSPS) is 18.1. The molecule has 1 saturated carbocycles. The van der Waals surface area contributed by atoms with Crippen molar-refractivity contribution in [2.45, 2.75) is 31.2 Å². The van der Waals surface area contributed by atoms with E-state index in [1.165, 1.54) is 13.2 Å². The van der Waals surface area contributed by atoms with Crippen LogP contribution in [0, 0.1) is 5.82 Å². The van der Waals surface area contributed by atoms with E-state index in [-0.39, 0.29) is 11.6 Å². The molecule has 0 aromatic heterocycles. The Kier molecular flexibility index (Phi) is 3.24. The molecule has 0 saturated heterocycles. The summed E-state index contributed by atoms with van der Waals surface area (Å²) >= 11 is 0. The predicted molar refractivity (Wildman–Crippen MR) is 63.8 cm³/mol. The fourth-order valence-corrected chi connectivity index (χ4v) is 2.48. The number of benzene rings is 1. The molecule has 2 N–H and O–H groups in total. The zero-order chi connectivity index (χ0) is 12.5. The number of methoxy groups -OCH3 is 2. The summed E-state index contributed by atoms with van der Waals surface area (Å²) in [5.41, 5.74) is 6.21. The average molecular weight is 239 g/mol. The molecule has 94 valence electrons. The topological polar surface area (TPSA) is 44.5 Å². The fourth-order valence-electron chi connectivity index (χ4n) is 2.48. The molecular formula is C13H18FNO2. The molecule has 1 aromatic rings. The van der Waals surface area contributed by atoms with Crippen LogP contribution in [0.4, 0.5) is 4.39 Å². The van der Waals surface area contributed by atoms with E-state index in [1.807, 2.05) is 0 Å². The lowest BCUT2D eigenvalue weighted by Gasteiger charge is -2.26. The van der Waals surface area contributed by atoms with Gasteiger partial charge in [0.25, 0.3) is 0 Å². The molecule has 1 aliphatic rings. The number of ether oxygens (including phenoxy) is 2. The minimum absolute atomic E-state index is 0.191. The summed E-state index contributed by atoms with van der Waals surface area (Å²) in [5, 5.41) is 0. The molecule has 4 heteroatoms. The summed E-state index contributed by atoms with van der Waals surface area (Å²) in [6.45, 7) is 0. The molecule has 0 aliphatic heterocycles. The van der Waals surface area contributed by atoms with E-state index in [4.69, 9.17) is 15.2 Å². The first-order chi connectivity index (χ1) is 8.10. The van der Waals surface area contributed by atoms with Crippen molar-refractivity contribution in [3.8, 4) is 11.5 Å². The van der Waals surface area contributed by atoms with Crippen molar-refractivity contribution in [2.75, 3.05) is 14.2 Å². The van der Waals surface area contributed by atoms with Gasteiger partial charge in [-0.15, -0.1) is 0 Å². The van der Waals surface area contributed by atoms with Crippen molar-refractivity contribution in [3.63, 3.8) is 0 Å². The van der Waals surface area contributed by atoms with Gasteiger partial charge in [-0.2, -0.15) is 0 Å². The summed E-state index contributed by atoms with van der Waals surface area (Å²) in [6, 6.07) is 3.22. The number of rotatable bonds is 3. The van der Waals surface area contributed by atoms with E-state index >= 15 is 0 Å². The Hall–Kier alpha value is -1.29. The zero-order valence-electron chi connectivity index (χ0n) is 10.3. The predicted octanol–water partition coefficient (Wildman–Crippen LogP) is 2.57. The quantitative estimate of drug-likeness (QED) is 0.881. The Labute approximate surface area is 101 Å². The van der Waals surface area contributed by atoms with Crippen LogP contribution in [0.2, 0.25) is 0 Å². The third kappa shape index (κ3) is 2.09. The van der Waals surface area contributed by atoms with E-state index in [2.05, 4.69) is 0 Å². The van der Waals surface area contributed by atoms with Crippen molar-refractivity contribution in [1.82, 2.24) is 0 Å². The van der Waals surface area contributed by atoms with E-state index in [0.29, 0.717) is 11.3 Å². The molecule has 1 aliphatic carbocycles. The van der Waals surface area contributed by atoms with E-state index < -0.39 is 5.54 Å². The maximum atomic E-state index is 14.2. The van der Waals surface area contributed by atoms with Gasteiger partial charge in [0.15, 0.2) is 11.6 Å². The second-order valence-corrected chi connectivity index (χ2v) is 4.55. The standard InChI is InChI=1S/C13H18FNO2/c1-16-9-7-10(12(14)11(8-9)17-2)13(15)5-3-4-6-13/h7-8H,3-6,15H2,1-2H3. The smallest absolute Gasteiger partial charge is 0.170 e. The first kappa shape index (κ1) is 12.2. The van der Waals surface area contributed by atoms with Crippen LogP contribution in [-0.4, -0.2) is 14.2 Å². The second kappa shape index (κ2) is 4.53. The maximum Gasteiger partial charge on any atom is 0.170 e. The van der Waals surface area contributed by atoms with Crippen molar-refractivity contribution in [1.29, 1.82) is 0 Å². The molecule has 0 spiro atoms. The van der Waals surface area contributed by atoms with Crippen LogP contribution in [0.3, 0.4) is 0 Å². The van der Waals surface area contributed by atoms with Crippen LogP contribution in [0.15, 0.2) is 12.1 Å². The molecule has 0 amide bonds. The van der Waals surface area contributed by atoms with Crippen molar-refractivity contribution in [2.24, 2.45) is 5.73 Å². The number of hydrogen-bond acceptors (Lipinski definition) is 3. The fraction of sp³-hybridized carbons (Fsp3) is 0.538. The van der Waals surface area contributed by atoms with Crippen molar-refractivity contribution >= 4 is 0 Å². The first-order valence-electron chi connectivity index (χ1n) is 5.81. The van der Waals surface area contributed by atoms with Gasteiger partial charge in [0, 0.05) is 17.2 Å². The van der Waals surface area contributed by atoms with E-state index in [0.717, 1.165) is 25.7 Å².